The number of carbonyl (C=O) groups is 2. The van der Waals surface area contributed by atoms with E-state index in [0.717, 1.165) is 0 Å². The summed E-state index contributed by atoms with van der Waals surface area (Å²) in [5.74, 6) is 0. The van der Waals surface area contributed by atoms with Gasteiger partial charge in [0.1, 0.15) is 13.2 Å². The molecule has 0 unspecified atom stereocenters. The second kappa shape index (κ2) is 12.3. The van der Waals surface area contributed by atoms with Gasteiger partial charge in [-0.25, -0.2) is 9.59 Å². The first kappa shape index (κ1) is 19.5. The molecule has 0 spiro atoms. The zero-order valence-corrected chi connectivity index (χ0v) is 13.6. The summed E-state index contributed by atoms with van der Waals surface area (Å²) in [6, 6.07) is 0. The molecule has 0 aromatic heterocycles. The van der Waals surface area contributed by atoms with Crippen molar-refractivity contribution in [3.63, 3.8) is 0 Å². The average molecular weight is 304 g/mol. The van der Waals surface area contributed by atoms with Crippen molar-refractivity contribution in [1.82, 2.24) is 9.80 Å². The molecule has 0 heterocycles. The maximum atomic E-state index is 11.5. The van der Waals surface area contributed by atoms with E-state index in [1.165, 1.54) is 0 Å². The van der Waals surface area contributed by atoms with Crippen molar-refractivity contribution in [3.8, 4) is 0 Å². The Morgan fingerprint density at radius 3 is 1.29 bits per heavy atom. The van der Waals surface area contributed by atoms with E-state index in [2.05, 4.69) is 0 Å². The lowest BCUT2D eigenvalue weighted by atomic mass is 10.5. The Hall–Kier alpha value is -1.50. The molecule has 0 aliphatic carbocycles. The molecule has 0 N–H and O–H groups in total. The zero-order valence-electron chi connectivity index (χ0n) is 13.6. The topological polar surface area (TPSA) is 68.3 Å². The molecule has 0 atom stereocenters. The molecule has 124 valence electrons. The van der Waals surface area contributed by atoms with E-state index < -0.39 is 0 Å². The molecule has 7 nitrogen and oxygen atoms in total. The monoisotopic (exact) mass is 304 g/mol. The molecule has 0 rings (SSSR count). The third-order valence-electron chi connectivity index (χ3n) is 2.95. The van der Waals surface area contributed by atoms with Crippen LogP contribution in [-0.4, -0.2) is 74.6 Å². The molecule has 0 aromatic rings. The number of rotatable bonds is 10. The number of nitrogens with zero attached hydrogens (tertiary/aromatic N) is 2. The molecular formula is C14H28N2O5. The van der Waals surface area contributed by atoms with Gasteiger partial charge in [0.25, 0.3) is 0 Å². The van der Waals surface area contributed by atoms with Gasteiger partial charge in [0.05, 0.1) is 13.2 Å². The standard InChI is InChI=1S/C14H28N2O5/c1-5-15(6-2)13(17)20-11-9-19-10-12-21-14(18)16(7-3)8-4/h5-12H2,1-4H3. The third-order valence-corrected chi connectivity index (χ3v) is 2.95. The lowest BCUT2D eigenvalue weighted by Gasteiger charge is -2.18. The van der Waals surface area contributed by atoms with Gasteiger partial charge in [0, 0.05) is 26.2 Å². The van der Waals surface area contributed by atoms with Crippen molar-refractivity contribution in [2.75, 3.05) is 52.6 Å². The van der Waals surface area contributed by atoms with Crippen LogP contribution in [0.15, 0.2) is 0 Å². The van der Waals surface area contributed by atoms with Crippen LogP contribution in [0.3, 0.4) is 0 Å². The van der Waals surface area contributed by atoms with Crippen molar-refractivity contribution in [1.29, 1.82) is 0 Å². The van der Waals surface area contributed by atoms with Gasteiger partial charge >= 0.3 is 12.2 Å². The highest BCUT2D eigenvalue weighted by Gasteiger charge is 2.11. The highest BCUT2D eigenvalue weighted by molar-refractivity contribution is 5.67. The first-order chi connectivity index (χ1) is 10.1. The molecule has 0 bridgehead atoms. The molecule has 7 heteroatoms. The Kier molecular flexibility index (Phi) is 11.4. The predicted octanol–water partition coefficient (Wildman–Crippen LogP) is 1.96. The van der Waals surface area contributed by atoms with Crippen molar-refractivity contribution in [2.24, 2.45) is 0 Å². The first-order valence-corrected chi connectivity index (χ1v) is 7.51. The minimum absolute atomic E-state index is 0.194. The average Bonchev–Trinajstić information content (AvgIpc) is 2.48. The van der Waals surface area contributed by atoms with Crippen LogP contribution in [0.5, 0.6) is 0 Å². The maximum Gasteiger partial charge on any atom is 0.409 e. The van der Waals surface area contributed by atoms with Gasteiger partial charge in [0.2, 0.25) is 0 Å². The van der Waals surface area contributed by atoms with E-state index >= 15 is 0 Å². The van der Waals surface area contributed by atoms with E-state index in [-0.39, 0.29) is 38.6 Å². The van der Waals surface area contributed by atoms with Gasteiger partial charge in [0.15, 0.2) is 0 Å². The molecule has 0 aliphatic rings. The second-order valence-electron chi connectivity index (χ2n) is 4.19. The lowest BCUT2D eigenvalue weighted by Crippen LogP contribution is -2.32. The van der Waals surface area contributed by atoms with E-state index in [4.69, 9.17) is 14.2 Å². The van der Waals surface area contributed by atoms with Crippen molar-refractivity contribution in [3.05, 3.63) is 0 Å². The van der Waals surface area contributed by atoms with E-state index in [1.807, 2.05) is 27.7 Å². The van der Waals surface area contributed by atoms with Crippen LogP contribution in [0.4, 0.5) is 9.59 Å². The predicted molar refractivity (Wildman–Crippen MR) is 79.4 cm³/mol. The summed E-state index contributed by atoms with van der Waals surface area (Å²) in [6.07, 6.45) is -0.673. The molecule has 0 fully saturated rings. The molecule has 0 aliphatic heterocycles. The Balaban J connectivity index is 3.57. The van der Waals surface area contributed by atoms with Crippen LogP contribution in [-0.2, 0) is 14.2 Å². The molecule has 2 amide bonds. The maximum absolute atomic E-state index is 11.5. The van der Waals surface area contributed by atoms with Crippen LogP contribution in [0.1, 0.15) is 27.7 Å². The molecule has 0 radical (unpaired) electrons. The molecular weight excluding hydrogens is 276 g/mol. The van der Waals surface area contributed by atoms with Crippen LogP contribution >= 0.6 is 0 Å². The fourth-order valence-corrected chi connectivity index (χ4v) is 1.62. The van der Waals surface area contributed by atoms with Crippen molar-refractivity contribution < 1.29 is 23.8 Å². The number of amides is 2. The van der Waals surface area contributed by atoms with Gasteiger partial charge in [-0.05, 0) is 27.7 Å². The summed E-state index contributed by atoms with van der Waals surface area (Å²) >= 11 is 0. The summed E-state index contributed by atoms with van der Waals surface area (Å²) in [5.41, 5.74) is 0. The first-order valence-electron chi connectivity index (χ1n) is 7.51. The fourth-order valence-electron chi connectivity index (χ4n) is 1.62. The van der Waals surface area contributed by atoms with Gasteiger partial charge in [-0.2, -0.15) is 0 Å². The number of carbonyl (C=O) groups excluding carboxylic acids is 2. The lowest BCUT2D eigenvalue weighted by molar-refractivity contribution is 0.0308. The van der Waals surface area contributed by atoms with Crippen LogP contribution in [0.25, 0.3) is 0 Å². The molecule has 0 saturated carbocycles. The van der Waals surface area contributed by atoms with Crippen LogP contribution in [0, 0.1) is 0 Å². The van der Waals surface area contributed by atoms with Gasteiger partial charge in [-0.15, -0.1) is 0 Å². The molecule has 21 heavy (non-hydrogen) atoms. The molecule has 0 saturated heterocycles. The Labute approximate surface area is 127 Å². The Morgan fingerprint density at radius 2 is 1.00 bits per heavy atom. The van der Waals surface area contributed by atoms with Crippen molar-refractivity contribution >= 4 is 12.2 Å². The third kappa shape index (κ3) is 8.39. The number of hydrogen-bond donors (Lipinski definition) is 0. The second-order valence-corrected chi connectivity index (χ2v) is 4.19. The van der Waals surface area contributed by atoms with Crippen LogP contribution in [0.2, 0.25) is 0 Å². The summed E-state index contributed by atoms with van der Waals surface area (Å²) in [4.78, 5) is 26.2. The summed E-state index contributed by atoms with van der Waals surface area (Å²) in [5, 5.41) is 0. The Morgan fingerprint density at radius 1 is 0.667 bits per heavy atom. The van der Waals surface area contributed by atoms with Gasteiger partial charge in [-0.3, -0.25) is 0 Å². The highest BCUT2D eigenvalue weighted by atomic mass is 16.6. The molecule has 0 aromatic carbocycles. The summed E-state index contributed by atoms with van der Waals surface area (Å²) in [6.45, 7) is 11.0. The highest BCUT2D eigenvalue weighted by Crippen LogP contribution is 1.94. The van der Waals surface area contributed by atoms with Gasteiger partial charge in [-0.1, -0.05) is 0 Å². The van der Waals surface area contributed by atoms with E-state index in [1.54, 1.807) is 9.80 Å². The summed E-state index contributed by atoms with van der Waals surface area (Å²) < 4.78 is 15.3. The largest absolute Gasteiger partial charge is 0.447 e. The van der Waals surface area contributed by atoms with Crippen molar-refractivity contribution in [2.45, 2.75) is 27.7 Å². The minimum Gasteiger partial charge on any atom is -0.447 e. The number of ether oxygens (including phenoxy) is 3. The van der Waals surface area contributed by atoms with Crippen LogP contribution < -0.4 is 0 Å². The smallest absolute Gasteiger partial charge is 0.409 e. The fraction of sp³-hybridized carbons (Fsp3) is 0.857. The van der Waals surface area contributed by atoms with E-state index in [9.17, 15) is 9.59 Å². The summed E-state index contributed by atoms with van der Waals surface area (Å²) in [7, 11) is 0. The van der Waals surface area contributed by atoms with Gasteiger partial charge < -0.3 is 24.0 Å². The zero-order chi connectivity index (χ0) is 16.1. The quantitative estimate of drug-likeness (QED) is 0.577. The normalized spacial score (nSPS) is 10.1. The Bertz CT molecular complexity index is 263. The minimum atomic E-state index is -0.337. The number of hydrogen-bond acceptors (Lipinski definition) is 5. The SMILES string of the molecule is CCN(CC)C(=O)OCCOCCOC(=O)N(CC)CC. The van der Waals surface area contributed by atoms with E-state index in [0.29, 0.717) is 26.2 Å².